The van der Waals surface area contributed by atoms with Crippen LogP contribution in [-0.4, -0.2) is 4.98 Å². The standard InChI is InChI=1S/C21H10BrClN2O2S/c22-15-3-6-19-13(8-15)9-17(21(26)27-19)18-11-28-20(25-18)14(10-24)7-12-1-4-16(23)5-2-12/h1-9,11H. The minimum Gasteiger partial charge on any atom is -0.422 e. The molecule has 0 aliphatic rings. The van der Waals surface area contributed by atoms with Crippen molar-refractivity contribution in [1.29, 1.82) is 5.26 Å². The average Bonchev–Trinajstić information content (AvgIpc) is 3.17. The van der Waals surface area contributed by atoms with Crippen molar-refractivity contribution in [3.63, 3.8) is 0 Å². The molecule has 2 aromatic carbocycles. The molecule has 0 bridgehead atoms. The first-order valence-corrected chi connectivity index (χ1v) is 10.2. The van der Waals surface area contributed by atoms with Gasteiger partial charge in [-0.25, -0.2) is 9.78 Å². The van der Waals surface area contributed by atoms with E-state index in [1.54, 1.807) is 35.7 Å². The van der Waals surface area contributed by atoms with E-state index in [0.717, 1.165) is 15.4 Å². The summed E-state index contributed by atoms with van der Waals surface area (Å²) in [5.41, 5.74) is 2.13. The second-order valence-corrected chi connectivity index (χ2v) is 8.10. The van der Waals surface area contributed by atoms with Crippen LogP contribution in [0.5, 0.6) is 0 Å². The quantitative estimate of drug-likeness (QED) is 0.257. The van der Waals surface area contributed by atoms with Gasteiger partial charge in [0.1, 0.15) is 16.7 Å². The van der Waals surface area contributed by atoms with Crippen LogP contribution in [0.4, 0.5) is 0 Å². The summed E-state index contributed by atoms with van der Waals surface area (Å²) in [5.74, 6) is 0. The van der Waals surface area contributed by atoms with Gasteiger partial charge in [-0.1, -0.05) is 39.7 Å². The maximum absolute atomic E-state index is 12.4. The molecule has 2 aromatic heterocycles. The third-order valence-corrected chi connectivity index (χ3v) is 5.63. The molecule has 0 atom stereocenters. The van der Waals surface area contributed by atoms with Crippen molar-refractivity contribution in [3.05, 3.63) is 84.4 Å². The largest absolute Gasteiger partial charge is 0.422 e. The normalized spacial score (nSPS) is 11.5. The summed E-state index contributed by atoms with van der Waals surface area (Å²) in [7, 11) is 0. The van der Waals surface area contributed by atoms with Crippen molar-refractivity contribution in [3.8, 4) is 17.3 Å². The molecule has 0 amide bonds. The van der Waals surface area contributed by atoms with Gasteiger partial charge in [-0.05, 0) is 48.0 Å². The number of halogens is 2. The van der Waals surface area contributed by atoms with Gasteiger partial charge in [-0.3, -0.25) is 0 Å². The van der Waals surface area contributed by atoms with E-state index in [1.165, 1.54) is 11.3 Å². The third-order valence-electron chi connectivity index (χ3n) is 4.01. The van der Waals surface area contributed by atoms with E-state index in [-0.39, 0.29) is 0 Å². The summed E-state index contributed by atoms with van der Waals surface area (Å²) in [6, 6.07) is 16.5. The van der Waals surface area contributed by atoms with Gasteiger partial charge >= 0.3 is 5.63 Å². The molecule has 4 rings (SSSR count). The van der Waals surface area contributed by atoms with Crippen LogP contribution in [0.15, 0.2) is 67.6 Å². The number of nitrogens with zero attached hydrogens (tertiary/aromatic N) is 2. The number of allylic oxidation sites excluding steroid dienone is 1. The van der Waals surface area contributed by atoms with Crippen LogP contribution >= 0.6 is 38.9 Å². The second-order valence-electron chi connectivity index (χ2n) is 5.89. The highest BCUT2D eigenvalue weighted by Crippen LogP contribution is 2.28. The number of fused-ring (bicyclic) bond motifs is 1. The van der Waals surface area contributed by atoms with E-state index in [2.05, 4.69) is 27.0 Å². The molecule has 0 spiro atoms. The number of thiazole rings is 1. The van der Waals surface area contributed by atoms with E-state index >= 15 is 0 Å². The van der Waals surface area contributed by atoms with Crippen LogP contribution in [0.3, 0.4) is 0 Å². The lowest BCUT2D eigenvalue weighted by atomic mass is 10.1. The molecule has 0 aliphatic heterocycles. The summed E-state index contributed by atoms with van der Waals surface area (Å²) >= 11 is 10.6. The molecule has 136 valence electrons. The zero-order chi connectivity index (χ0) is 19.7. The van der Waals surface area contributed by atoms with Crippen LogP contribution in [0, 0.1) is 11.3 Å². The fourth-order valence-corrected chi connectivity index (χ4v) is 3.95. The van der Waals surface area contributed by atoms with E-state index < -0.39 is 5.63 Å². The first-order chi connectivity index (χ1) is 13.5. The van der Waals surface area contributed by atoms with Crippen LogP contribution in [-0.2, 0) is 0 Å². The first kappa shape index (κ1) is 18.6. The molecule has 0 fully saturated rings. The van der Waals surface area contributed by atoms with E-state index in [9.17, 15) is 10.1 Å². The Balaban J connectivity index is 1.75. The van der Waals surface area contributed by atoms with E-state index in [0.29, 0.717) is 32.4 Å². The number of hydrogen-bond donors (Lipinski definition) is 0. The third kappa shape index (κ3) is 3.78. The Kier molecular flexibility index (Phi) is 5.14. The molecular weight excluding hydrogens is 460 g/mol. The Labute approximate surface area is 177 Å². The van der Waals surface area contributed by atoms with Crippen LogP contribution in [0.25, 0.3) is 33.9 Å². The predicted molar refractivity (Wildman–Crippen MR) is 116 cm³/mol. The molecule has 0 aliphatic carbocycles. The number of hydrogen-bond acceptors (Lipinski definition) is 5. The van der Waals surface area contributed by atoms with Crippen molar-refractivity contribution >= 4 is 61.5 Å². The summed E-state index contributed by atoms with van der Waals surface area (Å²) in [6.07, 6.45) is 1.74. The number of nitriles is 1. The molecule has 0 unspecified atom stereocenters. The maximum Gasteiger partial charge on any atom is 0.345 e. The van der Waals surface area contributed by atoms with Crippen molar-refractivity contribution < 1.29 is 4.42 Å². The Morgan fingerprint density at radius 1 is 1.21 bits per heavy atom. The second kappa shape index (κ2) is 7.72. The van der Waals surface area contributed by atoms with Gasteiger partial charge in [0.2, 0.25) is 0 Å². The monoisotopic (exact) mass is 468 g/mol. The highest BCUT2D eigenvalue weighted by Gasteiger charge is 2.14. The number of benzene rings is 2. The molecule has 0 saturated carbocycles. The lowest BCUT2D eigenvalue weighted by molar-refractivity contribution is 0.563. The molecule has 2 heterocycles. The Hall–Kier alpha value is -2.72. The lowest BCUT2D eigenvalue weighted by Crippen LogP contribution is -2.02. The van der Waals surface area contributed by atoms with Gasteiger partial charge in [-0.2, -0.15) is 5.26 Å². The SMILES string of the molecule is N#CC(=Cc1ccc(Cl)cc1)c1nc(-c2cc3cc(Br)ccc3oc2=O)cs1. The fourth-order valence-electron chi connectivity index (χ4n) is 2.66. The zero-order valence-corrected chi connectivity index (χ0v) is 17.3. The molecule has 0 saturated heterocycles. The van der Waals surface area contributed by atoms with Gasteiger partial charge < -0.3 is 4.42 Å². The first-order valence-electron chi connectivity index (χ1n) is 8.10. The fraction of sp³-hybridized carbons (Fsp3) is 0. The van der Waals surface area contributed by atoms with Crippen LogP contribution in [0.1, 0.15) is 10.6 Å². The summed E-state index contributed by atoms with van der Waals surface area (Å²) < 4.78 is 6.29. The van der Waals surface area contributed by atoms with E-state index in [4.69, 9.17) is 16.0 Å². The van der Waals surface area contributed by atoms with Crippen LogP contribution < -0.4 is 5.63 Å². The van der Waals surface area contributed by atoms with Crippen molar-refractivity contribution in [2.75, 3.05) is 0 Å². The topological polar surface area (TPSA) is 66.9 Å². The van der Waals surface area contributed by atoms with Gasteiger partial charge in [0.25, 0.3) is 0 Å². The van der Waals surface area contributed by atoms with Crippen molar-refractivity contribution in [1.82, 2.24) is 4.98 Å². The molecule has 4 nitrogen and oxygen atoms in total. The van der Waals surface area contributed by atoms with Gasteiger partial charge in [0.05, 0.1) is 16.8 Å². The van der Waals surface area contributed by atoms with Crippen LogP contribution in [0.2, 0.25) is 5.02 Å². The number of aromatic nitrogens is 1. The van der Waals surface area contributed by atoms with Gasteiger partial charge in [0, 0.05) is 20.3 Å². The lowest BCUT2D eigenvalue weighted by Gasteiger charge is -2.00. The smallest absolute Gasteiger partial charge is 0.345 e. The van der Waals surface area contributed by atoms with Gasteiger partial charge in [-0.15, -0.1) is 11.3 Å². The minimum atomic E-state index is -0.466. The molecule has 4 aromatic rings. The van der Waals surface area contributed by atoms with E-state index in [1.807, 2.05) is 24.3 Å². The molecule has 0 N–H and O–H groups in total. The molecular formula is C21H10BrClN2O2S. The average molecular weight is 470 g/mol. The highest BCUT2D eigenvalue weighted by molar-refractivity contribution is 9.10. The van der Waals surface area contributed by atoms with Crippen molar-refractivity contribution in [2.24, 2.45) is 0 Å². The summed E-state index contributed by atoms with van der Waals surface area (Å²) in [5, 5.41) is 13.2. The Morgan fingerprint density at radius 2 is 2.00 bits per heavy atom. The maximum atomic E-state index is 12.4. The van der Waals surface area contributed by atoms with Crippen molar-refractivity contribution in [2.45, 2.75) is 0 Å². The molecule has 0 radical (unpaired) electrons. The Bertz CT molecular complexity index is 1320. The summed E-state index contributed by atoms with van der Waals surface area (Å²) in [4.78, 5) is 16.9. The summed E-state index contributed by atoms with van der Waals surface area (Å²) in [6.45, 7) is 0. The van der Waals surface area contributed by atoms with Gasteiger partial charge in [0.15, 0.2) is 0 Å². The highest BCUT2D eigenvalue weighted by atomic mass is 79.9. The molecule has 7 heteroatoms. The minimum absolute atomic E-state index is 0.358. The number of rotatable bonds is 3. The zero-order valence-electron chi connectivity index (χ0n) is 14.1. The Morgan fingerprint density at radius 3 is 2.75 bits per heavy atom. The predicted octanol–water partition coefficient (Wildman–Crippen LogP) is 6.40. The molecule has 28 heavy (non-hydrogen) atoms.